The summed E-state index contributed by atoms with van der Waals surface area (Å²) < 4.78 is 40.7. The molecule has 1 atom stereocenters. The van der Waals surface area contributed by atoms with Crippen LogP contribution in [0.1, 0.15) is 58.8 Å². The molecule has 222 valence electrons. The van der Waals surface area contributed by atoms with Crippen molar-refractivity contribution in [3.05, 3.63) is 99.0 Å². The number of carbonyl (C=O) groups excluding carboxylic acids is 3. The number of halogens is 2. The largest absolute Gasteiger partial charge is 0.483 e. The summed E-state index contributed by atoms with van der Waals surface area (Å²) >= 11 is 0. The molecule has 0 radical (unpaired) electrons. The number of aromatic nitrogens is 1. The van der Waals surface area contributed by atoms with Gasteiger partial charge in [0.15, 0.2) is 11.4 Å². The molecule has 0 fully saturated rings. The zero-order valence-electron chi connectivity index (χ0n) is 23.2. The zero-order valence-corrected chi connectivity index (χ0v) is 23.2. The van der Waals surface area contributed by atoms with Gasteiger partial charge in [0.25, 0.3) is 11.8 Å². The lowest BCUT2D eigenvalue weighted by molar-refractivity contribution is 0.0224. The van der Waals surface area contributed by atoms with Crippen LogP contribution in [0.2, 0.25) is 0 Å². The number of pyridine rings is 1. The van der Waals surface area contributed by atoms with E-state index in [1.165, 1.54) is 4.57 Å². The van der Waals surface area contributed by atoms with Crippen LogP contribution in [-0.4, -0.2) is 46.1 Å². The number of amides is 3. The molecule has 0 aliphatic carbocycles. The summed E-state index contributed by atoms with van der Waals surface area (Å²) in [6.07, 6.45) is -0.0689. The average molecular weight is 585 g/mol. The predicted molar refractivity (Wildman–Crippen MR) is 145 cm³/mol. The Bertz CT molecular complexity index is 1550. The van der Waals surface area contributed by atoms with Crippen molar-refractivity contribution >= 4 is 17.9 Å². The highest BCUT2D eigenvalue weighted by atomic mass is 19.1. The molecular weight excluding hydrogens is 554 g/mol. The first-order chi connectivity index (χ1) is 19.9. The molecule has 0 unspecified atom stereocenters. The second kappa shape index (κ2) is 12.5. The average Bonchev–Trinajstić information content (AvgIpc) is 2.92. The highest BCUT2D eigenvalue weighted by Gasteiger charge is 2.36. The fraction of sp³-hybridized carbons (Fsp3) is 0.310. The van der Waals surface area contributed by atoms with Crippen molar-refractivity contribution in [1.82, 2.24) is 14.8 Å². The molecular formula is C29H30F2N4O7. The van der Waals surface area contributed by atoms with E-state index in [1.54, 1.807) is 51.1 Å². The number of nitrogens with zero attached hydrogens (tertiary/aromatic N) is 2. The van der Waals surface area contributed by atoms with Crippen molar-refractivity contribution < 1.29 is 37.5 Å². The molecule has 2 heterocycles. The first-order valence-electron chi connectivity index (χ1n) is 12.9. The topological polar surface area (TPSA) is 142 Å². The molecule has 2 aromatic carbocycles. The Labute approximate surface area is 239 Å². The number of benzene rings is 2. The summed E-state index contributed by atoms with van der Waals surface area (Å²) in [4.78, 5) is 59.2. The Morgan fingerprint density at radius 3 is 2.48 bits per heavy atom. The molecule has 3 N–H and O–H groups in total. The normalized spacial score (nSPS) is 14.5. The third-order valence-corrected chi connectivity index (χ3v) is 6.25. The number of carbonyl (C=O) groups is 3. The third kappa shape index (κ3) is 6.81. The maximum Gasteiger partial charge on any atom is 0.417 e. The van der Waals surface area contributed by atoms with Gasteiger partial charge in [0.1, 0.15) is 29.4 Å². The van der Waals surface area contributed by atoms with E-state index in [-0.39, 0.29) is 31.0 Å². The van der Waals surface area contributed by atoms with E-state index < -0.39 is 64.5 Å². The molecule has 1 aromatic heterocycles. The van der Waals surface area contributed by atoms with Gasteiger partial charge in [-0.25, -0.2) is 24.4 Å². The smallest absolute Gasteiger partial charge is 0.417 e. The Hall–Kier alpha value is -4.62. The molecule has 3 aromatic rings. The van der Waals surface area contributed by atoms with Gasteiger partial charge in [-0.15, -0.1) is 0 Å². The van der Waals surface area contributed by atoms with E-state index in [0.717, 1.165) is 18.3 Å². The van der Waals surface area contributed by atoms with Crippen LogP contribution in [-0.2, 0) is 22.7 Å². The molecule has 1 aliphatic rings. The number of imide groups is 1. The van der Waals surface area contributed by atoms with Crippen LogP contribution in [0.3, 0.4) is 0 Å². The fourth-order valence-electron chi connectivity index (χ4n) is 4.28. The van der Waals surface area contributed by atoms with Crippen molar-refractivity contribution in [2.75, 3.05) is 13.2 Å². The van der Waals surface area contributed by atoms with Gasteiger partial charge >= 0.3 is 6.09 Å². The molecule has 3 amide bonds. The maximum absolute atomic E-state index is 14.6. The van der Waals surface area contributed by atoms with Gasteiger partial charge < -0.3 is 24.2 Å². The van der Waals surface area contributed by atoms with E-state index in [0.29, 0.717) is 16.5 Å². The highest BCUT2D eigenvalue weighted by molar-refractivity contribution is 6.04. The summed E-state index contributed by atoms with van der Waals surface area (Å²) in [5, 5.41) is 2.64. The Kier molecular flexibility index (Phi) is 9.02. The standard InChI is InChI=1S/C29H30F2N4O7/c1-29(2,3)42-28(39)35(13-18-9-10-19(30)11-22(18)31)27(38)21-14-34-20(16-41-32)12-33-26(37)23(34)25(24(21)36)40-15-17-7-5-4-6-8-17/h4-11,14,20H,12-13,15-16,32H2,1-3H3,(H,33,37)/t20-/m1/s1. The lowest BCUT2D eigenvalue weighted by Crippen LogP contribution is -2.46. The molecule has 42 heavy (non-hydrogen) atoms. The van der Waals surface area contributed by atoms with Crippen LogP contribution in [0, 0.1) is 11.6 Å². The number of ether oxygens (including phenoxy) is 2. The number of fused-ring (bicyclic) bond motifs is 1. The van der Waals surface area contributed by atoms with Gasteiger partial charge in [0, 0.05) is 24.4 Å². The van der Waals surface area contributed by atoms with Crippen molar-refractivity contribution in [3.8, 4) is 5.75 Å². The van der Waals surface area contributed by atoms with E-state index >= 15 is 0 Å². The molecule has 11 nitrogen and oxygen atoms in total. The molecule has 0 saturated heterocycles. The molecule has 13 heteroatoms. The van der Waals surface area contributed by atoms with Crippen molar-refractivity contribution in [2.24, 2.45) is 5.90 Å². The Morgan fingerprint density at radius 1 is 1.12 bits per heavy atom. The Balaban J connectivity index is 1.85. The Morgan fingerprint density at radius 2 is 1.83 bits per heavy atom. The second-order valence-electron chi connectivity index (χ2n) is 10.5. The first-order valence-corrected chi connectivity index (χ1v) is 12.9. The third-order valence-electron chi connectivity index (χ3n) is 6.25. The van der Waals surface area contributed by atoms with Crippen molar-refractivity contribution in [2.45, 2.75) is 45.6 Å². The molecule has 0 spiro atoms. The monoisotopic (exact) mass is 584 g/mol. The quantitative estimate of drug-likeness (QED) is 0.384. The number of rotatable bonds is 8. The predicted octanol–water partition coefficient (Wildman–Crippen LogP) is 3.46. The van der Waals surface area contributed by atoms with Gasteiger partial charge in [-0.2, -0.15) is 0 Å². The van der Waals surface area contributed by atoms with Gasteiger partial charge in [-0.05, 0) is 32.4 Å². The van der Waals surface area contributed by atoms with Crippen LogP contribution < -0.4 is 21.4 Å². The van der Waals surface area contributed by atoms with Gasteiger partial charge in [-0.3, -0.25) is 14.4 Å². The summed E-state index contributed by atoms with van der Waals surface area (Å²) in [7, 11) is 0. The SMILES string of the molecule is CC(C)(C)OC(=O)N(Cc1ccc(F)cc1F)C(=O)c1cn2c(c(OCc3ccccc3)c1=O)C(=O)NC[C@@H]2CON. The first kappa shape index (κ1) is 30.3. The minimum absolute atomic E-state index is 0.0498. The molecule has 0 bridgehead atoms. The number of nitrogens with two attached hydrogens (primary N) is 1. The summed E-state index contributed by atoms with van der Waals surface area (Å²) in [5.41, 5.74) is -2.32. The minimum atomic E-state index is -1.18. The molecule has 4 rings (SSSR count). The van der Waals surface area contributed by atoms with Crippen molar-refractivity contribution in [1.29, 1.82) is 0 Å². The minimum Gasteiger partial charge on any atom is -0.483 e. The van der Waals surface area contributed by atoms with Crippen molar-refractivity contribution in [3.63, 3.8) is 0 Å². The van der Waals surface area contributed by atoms with Crippen LogP contribution in [0.4, 0.5) is 13.6 Å². The highest BCUT2D eigenvalue weighted by Crippen LogP contribution is 2.26. The zero-order chi connectivity index (χ0) is 30.6. The van der Waals surface area contributed by atoms with E-state index in [9.17, 15) is 28.0 Å². The van der Waals surface area contributed by atoms with Gasteiger partial charge in [0.2, 0.25) is 5.43 Å². The van der Waals surface area contributed by atoms with E-state index in [2.05, 4.69) is 5.32 Å². The van der Waals surface area contributed by atoms with Crippen LogP contribution >= 0.6 is 0 Å². The number of hydrogen-bond donors (Lipinski definition) is 2. The van der Waals surface area contributed by atoms with Crippen LogP contribution in [0.15, 0.2) is 59.5 Å². The van der Waals surface area contributed by atoms with Crippen LogP contribution in [0.5, 0.6) is 5.75 Å². The van der Waals surface area contributed by atoms with Crippen LogP contribution in [0.25, 0.3) is 0 Å². The number of nitrogens with one attached hydrogen (secondary N) is 1. The molecule has 1 aliphatic heterocycles. The lowest BCUT2D eigenvalue weighted by Gasteiger charge is -2.30. The maximum atomic E-state index is 14.6. The fourth-order valence-corrected chi connectivity index (χ4v) is 4.28. The lowest BCUT2D eigenvalue weighted by atomic mass is 10.1. The van der Waals surface area contributed by atoms with Gasteiger partial charge in [-0.1, -0.05) is 36.4 Å². The summed E-state index contributed by atoms with van der Waals surface area (Å²) in [6, 6.07) is 10.8. The second-order valence-corrected chi connectivity index (χ2v) is 10.5. The summed E-state index contributed by atoms with van der Waals surface area (Å²) in [5.74, 6) is 1.19. The van der Waals surface area contributed by atoms with Gasteiger partial charge in [0.05, 0.1) is 19.2 Å². The van der Waals surface area contributed by atoms with E-state index in [4.69, 9.17) is 20.2 Å². The van der Waals surface area contributed by atoms with E-state index in [1.807, 2.05) is 0 Å². The number of hydrogen-bond acceptors (Lipinski definition) is 8. The summed E-state index contributed by atoms with van der Waals surface area (Å²) in [6.45, 7) is 3.81. The molecule has 0 saturated carbocycles.